The van der Waals surface area contributed by atoms with Gasteiger partial charge in [0.05, 0.1) is 5.94 Å². The standard InChI is InChI=1S/C15H14O2S2/c1-17-11-19-15-7-3-2-6-13(15)14(16)9-8-12-5-4-10-18-12/h2-10H,11H2,1H3/b9-8+. The van der Waals surface area contributed by atoms with E-state index in [1.807, 2.05) is 47.9 Å². The highest BCUT2D eigenvalue weighted by molar-refractivity contribution is 7.99. The lowest BCUT2D eigenvalue weighted by molar-refractivity contribution is 0.104. The molecule has 0 bridgehead atoms. The van der Waals surface area contributed by atoms with E-state index in [4.69, 9.17) is 4.74 Å². The van der Waals surface area contributed by atoms with Crippen LogP contribution in [0.25, 0.3) is 6.08 Å². The monoisotopic (exact) mass is 290 g/mol. The van der Waals surface area contributed by atoms with Gasteiger partial charge in [0.25, 0.3) is 0 Å². The minimum absolute atomic E-state index is 0.0209. The van der Waals surface area contributed by atoms with Crippen molar-refractivity contribution < 1.29 is 9.53 Å². The summed E-state index contributed by atoms with van der Waals surface area (Å²) in [5.74, 6) is 0.562. The van der Waals surface area contributed by atoms with E-state index in [-0.39, 0.29) is 5.78 Å². The summed E-state index contributed by atoms with van der Waals surface area (Å²) < 4.78 is 5.03. The molecule has 98 valence electrons. The summed E-state index contributed by atoms with van der Waals surface area (Å²) in [4.78, 5) is 14.2. The van der Waals surface area contributed by atoms with Crippen molar-refractivity contribution in [3.05, 3.63) is 58.3 Å². The lowest BCUT2D eigenvalue weighted by atomic mass is 10.1. The quantitative estimate of drug-likeness (QED) is 0.342. The van der Waals surface area contributed by atoms with Crippen LogP contribution in [0.1, 0.15) is 15.2 Å². The molecule has 0 saturated carbocycles. The van der Waals surface area contributed by atoms with Crippen LogP contribution in [-0.4, -0.2) is 18.8 Å². The van der Waals surface area contributed by atoms with Gasteiger partial charge in [-0.15, -0.1) is 11.3 Å². The molecule has 0 aliphatic rings. The van der Waals surface area contributed by atoms with Gasteiger partial charge >= 0.3 is 0 Å². The van der Waals surface area contributed by atoms with Crippen LogP contribution in [0.2, 0.25) is 0 Å². The molecule has 0 fully saturated rings. The van der Waals surface area contributed by atoms with E-state index in [2.05, 4.69) is 0 Å². The summed E-state index contributed by atoms with van der Waals surface area (Å²) >= 11 is 3.14. The molecule has 2 aromatic rings. The van der Waals surface area contributed by atoms with Crippen molar-refractivity contribution in [2.75, 3.05) is 13.0 Å². The second kappa shape index (κ2) is 7.28. The van der Waals surface area contributed by atoms with Gasteiger partial charge in [0.2, 0.25) is 0 Å². The topological polar surface area (TPSA) is 26.3 Å². The second-order valence-electron chi connectivity index (χ2n) is 3.76. The minimum Gasteiger partial charge on any atom is -0.374 e. The number of rotatable bonds is 6. The fraction of sp³-hybridized carbons (Fsp3) is 0.133. The second-order valence-corrected chi connectivity index (χ2v) is 5.70. The molecule has 0 amide bonds. The van der Waals surface area contributed by atoms with Crippen LogP contribution in [0.5, 0.6) is 0 Å². The summed E-state index contributed by atoms with van der Waals surface area (Å²) in [5, 5.41) is 1.99. The molecule has 0 aliphatic carbocycles. The number of ether oxygens (including phenoxy) is 1. The van der Waals surface area contributed by atoms with Crippen LogP contribution in [0.4, 0.5) is 0 Å². The average Bonchev–Trinajstić information content (AvgIpc) is 2.96. The number of hydrogen-bond acceptors (Lipinski definition) is 4. The lowest BCUT2D eigenvalue weighted by Crippen LogP contribution is -1.97. The first kappa shape index (κ1) is 14.1. The number of benzene rings is 1. The van der Waals surface area contributed by atoms with Crippen LogP contribution in [0.3, 0.4) is 0 Å². The molecule has 19 heavy (non-hydrogen) atoms. The third-order valence-corrected chi connectivity index (χ3v) is 4.29. The molecule has 4 heteroatoms. The molecule has 2 rings (SSSR count). The van der Waals surface area contributed by atoms with Crippen molar-refractivity contribution in [2.24, 2.45) is 0 Å². The lowest BCUT2D eigenvalue weighted by Gasteiger charge is -2.05. The Kier molecular flexibility index (Phi) is 5.39. The van der Waals surface area contributed by atoms with Crippen molar-refractivity contribution in [1.29, 1.82) is 0 Å². The van der Waals surface area contributed by atoms with E-state index >= 15 is 0 Å². The Morgan fingerprint density at radius 3 is 2.89 bits per heavy atom. The Morgan fingerprint density at radius 1 is 1.32 bits per heavy atom. The van der Waals surface area contributed by atoms with Crippen LogP contribution in [0.15, 0.2) is 52.7 Å². The number of carbonyl (C=O) groups is 1. The maximum atomic E-state index is 12.2. The third-order valence-electron chi connectivity index (χ3n) is 2.43. The van der Waals surface area contributed by atoms with E-state index < -0.39 is 0 Å². The fourth-order valence-electron chi connectivity index (χ4n) is 1.55. The molecule has 0 aliphatic heterocycles. The zero-order chi connectivity index (χ0) is 13.5. The number of ketones is 1. The predicted molar refractivity (Wildman–Crippen MR) is 81.9 cm³/mol. The first-order valence-corrected chi connectivity index (χ1v) is 7.64. The number of carbonyl (C=O) groups excluding carboxylic acids is 1. The first-order chi connectivity index (χ1) is 9.31. The molecule has 0 spiro atoms. The van der Waals surface area contributed by atoms with Crippen LogP contribution in [-0.2, 0) is 4.74 Å². The van der Waals surface area contributed by atoms with Gasteiger partial charge in [-0.3, -0.25) is 4.79 Å². The zero-order valence-corrected chi connectivity index (χ0v) is 12.2. The SMILES string of the molecule is COCSc1ccccc1C(=O)/C=C/c1cccs1. The minimum atomic E-state index is 0.0209. The Bertz CT molecular complexity index is 559. The van der Waals surface area contributed by atoms with E-state index in [1.165, 1.54) is 11.8 Å². The van der Waals surface area contributed by atoms with Gasteiger partial charge in [-0.05, 0) is 35.7 Å². The van der Waals surface area contributed by atoms with Crippen molar-refractivity contribution in [3.8, 4) is 0 Å². The van der Waals surface area contributed by atoms with E-state index in [0.29, 0.717) is 5.94 Å². The van der Waals surface area contributed by atoms with Crippen molar-refractivity contribution in [3.63, 3.8) is 0 Å². The van der Waals surface area contributed by atoms with Gasteiger partial charge < -0.3 is 4.74 Å². The molecule has 1 aromatic heterocycles. The Hall–Kier alpha value is -1.36. The molecule has 0 radical (unpaired) electrons. The van der Waals surface area contributed by atoms with Crippen LogP contribution >= 0.6 is 23.1 Å². The average molecular weight is 290 g/mol. The van der Waals surface area contributed by atoms with E-state index in [9.17, 15) is 4.79 Å². The largest absolute Gasteiger partial charge is 0.374 e. The van der Waals surface area contributed by atoms with Crippen molar-refractivity contribution in [1.82, 2.24) is 0 Å². The van der Waals surface area contributed by atoms with Gasteiger partial charge in [0.1, 0.15) is 0 Å². The number of methoxy groups -OCH3 is 1. The number of thioether (sulfide) groups is 1. The van der Waals surface area contributed by atoms with Crippen LogP contribution < -0.4 is 0 Å². The third kappa shape index (κ3) is 4.06. The highest BCUT2D eigenvalue weighted by atomic mass is 32.2. The molecule has 0 atom stereocenters. The van der Waals surface area contributed by atoms with E-state index in [0.717, 1.165) is 15.3 Å². The Labute approximate surface area is 121 Å². The molecule has 0 N–H and O–H groups in total. The Balaban J connectivity index is 2.14. The molecule has 1 heterocycles. The normalized spacial score (nSPS) is 11.0. The molecular weight excluding hydrogens is 276 g/mol. The van der Waals surface area contributed by atoms with Crippen molar-refractivity contribution >= 4 is 35.0 Å². The molecule has 0 saturated heterocycles. The molecule has 0 unspecified atom stereocenters. The van der Waals surface area contributed by atoms with Gasteiger partial charge in [-0.1, -0.05) is 30.0 Å². The highest BCUT2D eigenvalue weighted by Gasteiger charge is 2.08. The maximum absolute atomic E-state index is 12.2. The highest BCUT2D eigenvalue weighted by Crippen LogP contribution is 2.23. The molecular formula is C15H14O2S2. The van der Waals surface area contributed by atoms with Gasteiger partial charge in [-0.25, -0.2) is 0 Å². The number of thiophene rings is 1. The summed E-state index contributed by atoms with van der Waals surface area (Å²) in [6.45, 7) is 0. The summed E-state index contributed by atoms with van der Waals surface area (Å²) in [6, 6.07) is 11.5. The predicted octanol–water partition coefficient (Wildman–Crippen LogP) is 4.34. The zero-order valence-electron chi connectivity index (χ0n) is 10.5. The first-order valence-electron chi connectivity index (χ1n) is 5.78. The van der Waals surface area contributed by atoms with Gasteiger partial charge in [-0.2, -0.15) is 0 Å². The Morgan fingerprint density at radius 2 is 2.16 bits per heavy atom. The van der Waals surface area contributed by atoms with E-state index in [1.54, 1.807) is 24.5 Å². The summed E-state index contributed by atoms with van der Waals surface area (Å²) in [6.07, 6.45) is 3.47. The fourth-order valence-corrected chi connectivity index (χ4v) is 2.91. The summed E-state index contributed by atoms with van der Waals surface area (Å²) in [7, 11) is 1.65. The smallest absolute Gasteiger partial charge is 0.187 e. The maximum Gasteiger partial charge on any atom is 0.187 e. The number of hydrogen-bond donors (Lipinski definition) is 0. The van der Waals surface area contributed by atoms with Crippen molar-refractivity contribution in [2.45, 2.75) is 4.90 Å². The molecule has 1 aromatic carbocycles. The van der Waals surface area contributed by atoms with Gasteiger partial charge in [0.15, 0.2) is 5.78 Å². The summed E-state index contributed by atoms with van der Waals surface area (Å²) in [5.41, 5.74) is 0.720. The molecule has 2 nitrogen and oxygen atoms in total. The van der Waals surface area contributed by atoms with Gasteiger partial charge in [0, 0.05) is 22.4 Å². The van der Waals surface area contributed by atoms with Crippen LogP contribution in [0, 0.1) is 0 Å². The number of allylic oxidation sites excluding steroid dienone is 1.